The minimum Gasteiger partial charge on any atom is -0.339 e. The van der Waals surface area contributed by atoms with Crippen molar-refractivity contribution >= 4 is 5.91 Å². The van der Waals surface area contributed by atoms with E-state index >= 15 is 0 Å². The largest absolute Gasteiger partial charge is 0.339 e. The molecule has 1 saturated carbocycles. The van der Waals surface area contributed by atoms with Crippen LogP contribution in [0.4, 0.5) is 0 Å². The van der Waals surface area contributed by atoms with Crippen LogP contribution in [0.5, 0.6) is 0 Å². The maximum atomic E-state index is 13.0. The Hall–Kier alpha value is -1.31. The van der Waals surface area contributed by atoms with Crippen LogP contribution in [-0.2, 0) is 11.2 Å². The van der Waals surface area contributed by atoms with Crippen molar-refractivity contribution in [2.75, 3.05) is 6.54 Å². The molecule has 3 rings (SSSR count). The highest BCUT2D eigenvalue weighted by molar-refractivity contribution is 5.84. The summed E-state index contributed by atoms with van der Waals surface area (Å²) in [6.45, 7) is 2.99. The molecular formula is C18H25NO. The zero-order chi connectivity index (χ0) is 13.9. The maximum Gasteiger partial charge on any atom is 0.230 e. The van der Waals surface area contributed by atoms with E-state index in [1.165, 1.54) is 36.8 Å². The van der Waals surface area contributed by atoms with Crippen molar-refractivity contribution in [2.45, 2.75) is 63.8 Å². The summed E-state index contributed by atoms with van der Waals surface area (Å²) in [7, 11) is 0. The van der Waals surface area contributed by atoms with E-state index in [1.54, 1.807) is 0 Å². The van der Waals surface area contributed by atoms with Gasteiger partial charge in [0.15, 0.2) is 0 Å². The van der Waals surface area contributed by atoms with Crippen LogP contribution in [0.1, 0.15) is 62.5 Å². The van der Waals surface area contributed by atoms with Crippen molar-refractivity contribution in [3.8, 4) is 0 Å². The van der Waals surface area contributed by atoms with Gasteiger partial charge in [0.1, 0.15) is 0 Å². The number of benzene rings is 1. The monoisotopic (exact) mass is 271 g/mol. The van der Waals surface area contributed by atoms with Gasteiger partial charge in [-0.25, -0.2) is 0 Å². The molecule has 1 aromatic carbocycles. The molecule has 0 spiro atoms. The first-order valence-corrected chi connectivity index (χ1v) is 8.19. The van der Waals surface area contributed by atoms with Gasteiger partial charge in [-0.1, -0.05) is 37.1 Å². The Kier molecular flexibility index (Phi) is 4.09. The molecule has 0 aliphatic heterocycles. The van der Waals surface area contributed by atoms with Crippen LogP contribution >= 0.6 is 0 Å². The summed E-state index contributed by atoms with van der Waals surface area (Å²) in [5.41, 5.74) is 2.68. The Labute approximate surface area is 122 Å². The Bertz CT molecular complexity index is 476. The predicted octanol–water partition coefficient (Wildman–Crippen LogP) is 3.90. The molecule has 0 N–H and O–H groups in total. The molecule has 1 unspecified atom stereocenters. The number of carbonyl (C=O) groups excluding carboxylic acids is 1. The van der Waals surface area contributed by atoms with E-state index in [4.69, 9.17) is 0 Å². The van der Waals surface area contributed by atoms with Crippen LogP contribution < -0.4 is 0 Å². The second-order valence-electron chi connectivity index (χ2n) is 6.21. The van der Waals surface area contributed by atoms with Crippen LogP contribution in [0.25, 0.3) is 0 Å². The third kappa shape index (κ3) is 2.48. The Morgan fingerprint density at radius 2 is 1.90 bits per heavy atom. The average molecular weight is 271 g/mol. The second-order valence-corrected chi connectivity index (χ2v) is 6.21. The van der Waals surface area contributed by atoms with Gasteiger partial charge in [-0.2, -0.15) is 0 Å². The van der Waals surface area contributed by atoms with E-state index in [0.29, 0.717) is 11.9 Å². The summed E-state index contributed by atoms with van der Waals surface area (Å²) in [6, 6.07) is 9.04. The normalized spacial score (nSPS) is 22.6. The molecule has 1 fully saturated rings. The molecule has 0 radical (unpaired) electrons. The molecule has 2 aliphatic rings. The molecule has 2 heteroatoms. The summed E-state index contributed by atoms with van der Waals surface area (Å²) in [5, 5.41) is 0. The Balaban J connectivity index is 1.83. The standard InChI is InChI=1S/C18H25NO/c1-2-19(15-10-4-5-11-15)18(20)17-13-7-9-14-8-3-6-12-16(14)17/h3,6,8,12,15,17H,2,4-5,7,9-11,13H2,1H3. The second kappa shape index (κ2) is 5.99. The summed E-state index contributed by atoms with van der Waals surface area (Å²) in [4.78, 5) is 15.2. The van der Waals surface area contributed by atoms with E-state index < -0.39 is 0 Å². The van der Waals surface area contributed by atoms with Gasteiger partial charge < -0.3 is 4.90 Å². The number of amides is 1. The van der Waals surface area contributed by atoms with Crippen molar-refractivity contribution in [2.24, 2.45) is 0 Å². The number of likely N-dealkylation sites (N-methyl/N-ethyl adjacent to an activating group) is 1. The van der Waals surface area contributed by atoms with Crippen LogP contribution in [0.15, 0.2) is 24.3 Å². The molecule has 0 bridgehead atoms. The smallest absolute Gasteiger partial charge is 0.230 e. The number of rotatable bonds is 3. The highest BCUT2D eigenvalue weighted by Gasteiger charge is 2.33. The van der Waals surface area contributed by atoms with Crippen molar-refractivity contribution in [1.82, 2.24) is 4.90 Å². The number of fused-ring (bicyclic) bond motifs is 1. The molecule has 0 heterocycles. The van der Waals surface area contributed by atoms with Gasteiger partial charge in [-0.3, -0.25) is 4.79 Å². The van der Waals surface area contributed by atoms with Crippen molar-refractivity contribution in [3.05, 3.63) is 35.4 Å². The highest BCUT2D eigenvalue weighted by Crippen LogP contribution is 2.34. The molecule has 2 nitrogen and oxygen atoms in total. The zero-order valence-corrected chi connectivity index (χ0v) is 12.5. The molecule has 0 saturated heterocycles. The van der Waals surface area contributed by atoms with Crippen molar-refractivity contribution in [3.63, 3.8) is 0 Å². The topological polar surface area (TPSA) is 20.3 Å². The maximum absolute atomic E-state index is 13.0. The molecule has 1 amide bonds. The fraction of sp³-hybridized carbons (Fsp3) is 0.611. The van der Waals surface area contributed by atoms with Gasteiger partial charge in [0.25, 0.3) is 0 Å². The van der Waals surface area contributed by atoms with Gasteiger partial charge >= 0.3 is 0 Å². The van der Waals surface area contributed by atoms with Crippen LogP contribution in [-0.4, -0.2) is 23.4 Å². The lowest BCUT2D eigenvalue weighted by Crippen LogP contribution is -2.42. The van der Waals surface area contributed by atoms with E-state index in [1.807, 2.05) is 0 Å². The highest BCUT2D eigenvalue weighted by atomic mass is 16.2. The summed E-state index contributed by atoms with van der Waals surface area (Å²) in [6.07, 6.45) is 8.29. The van der Waals surface area contributed by atoms with E-state index in [0.717, 1.165) is 25.8 Å². The fourth-order valence-corrected chi connectivity index (χ4v) is 4.02. The minimum absolute atomic E-state index is 0.112. The van der Waals surface area contributed by atoms with Crippen LogP contribution in [0.2, 0.25) is 0 Å². The molecular weight excluding hydrogens is 246 g/mol. The lowest BCUT2D eigenvalue weighted by Gasteiger charge is -2.34. The summed E-state index contributed by atoms with van der Waals surface area (Å²) < 4.78 is 0. The van der Waals surface area contributed by atoms with Crippen molar-refractivity contribution < 1.29 is 4.79 Å². The number of hydrogen-bond donors (Lipinski definition) is 0. The molecule has 20 heavy (non-hydrogen) atoms. The third-order valence-corrected chi connectivity index (χ3v) is 5.06. The first kappa shape index (κ1) is 13.7. The predicted molar refractivity (Wildman–Crippen MR) is 81.8 cm³/mol. The van der Waals surface area contributed by atoms with E-state index in [9.17, 15) is 4.79 Å². The van der Waals surface area contributed by atoms with Crippen LogP contribution in [0, 0.1) is 0 Å². The SMILES string of the molecule is CCN(C(=O)C1CCCc2ccccc21)C1CCCC1. The lowest BCUT2D eigenvalue weighted by atomic mass is 9.82. The van der Waals surface area contributed by atoms with E-state index in [-0.39, 0.29) is 5.92 Å². The number of nitrogens with zero attached hydrogens (tertiary/aromatic N) is 1. The summed E-state index contributed by atoms with van der Waals surface area (Å²) >= 11 is 0. The van der Waals surface area contributed by atoms with Crippen LogP contribution in [0.3, 0.4) is 0 Å². The van der Waals surface area contributed by atoms with Gasteiger partial charge in [-0.15, -0.1) is 0 Å². The van der Waals surface area contributed by atoms with Gasteiger partial charge in [0.05, 0.1) is 5.92 Å². The first-order valence-electron chi connectivity index (χ1n) is 8.19. The van der Waals surface area contributed by atoms with Gasteiger partial charge in [0.2, 0.25) is 5.91 Å². The molecule has 1 atom stereocenters. The zero-order valence-electron chi connectivity index (χ0n) is 12.5. The number of aryl methyl sites for hydroxylation is 1. The Morgan fingerprint density at radius 3 is 2.65 bits per heavy atom. The third-order valence-electron chi connectivity index (χ3n) is 5.06. The van der Waals surface area contributed by atoms with Gasteiger partial charge in [-0.05, 0) is 50.2 Å². The van der Waals surface area contributed by atoms with Crippen molar-refractivity contribution in [1.29, 1.82) is 0 Å². The Morgan fingerprint density at radius 1 is 1.15 bits per heavy atom. The molecule has 1 aromatic rings. The number of carbonyl (C=O) groups is 1. The lowest BCUT2D eigenvalue weighted by molar-refractivity contribution is -0.135. The molecule has 2 aliphatic carbocycles. The molecule has 0 aromatic heterocycles. The first-order chi connectivity index (χ1) is 9.81. The number of hydrogen-bond acceptors (Lipinski definition) is 1. The quantitative estimate of drug-likeness (QED) is 0.816. The fourth-order valence-electron chi connectivity index (χ4n) is 4.02. The summed E-state index contributed by atoms with van der Waals surface area (Å²) in [5.74, 6) is 0.493. The molecule has 108 valence electrons. The van der Waals surface area contributed by atoms with Gasteiger partial charge in [0, 0.05) is 12.6 Å². The van der Waals surface area contributed by atoms with E-state index in [2.05, 4.69) is 36.1 Å². The average Bonchev–Trinajstić information content (AvgIpc) is 3.01. The minimum atomic E-state index is 0.112.